The minimum absolute atomic E-state index is 0.371. The van der Waals surface area contributed by atoms with Gasteiger partial charge in [0.05, 0.1) is 17.3 Å². The highest BCUT2D eigenvalue weighted by atomic mass is 79.9. The SMILES string of the molecule is CCCOc1nc(Oc2cc(Br)ccc2Cl)ccc1N. The quantitative estimate of drug-likeness (QED) is 0.845. The Morgan fingerprint density at radius 2 is 2.10 bits per heavy atom. The lowest BCUT2D eigenvalue weighted by Crippen LogP contribution is -2.02. The van der Waals surface area contributed by atoms with Crippen LogP contribution in [0.15, 0.2) is 34.8 Å². The molecule has 0 fully saturated rings. The van der Waals surface area contributed by atoms with Crippen LogP contribution in [0, 0.1) is 0 Å². The summed E-state index contributed by atoms with van der Waals surface area (Å²) >= 11 is 9.44. The van der Waals surface area contributed by atoms with Gasteiger partial charge in [-0.15, -0.1) is 0 Å². The first-order chi connectivity index (χ1) is 9.60. The number of anilines is 1. The van der Waals surface area contributed by atoms with Gasteiger partial charge in [0.25, 0.3) is 0 Å². The summed E-state index contributed by atoms with van der Waals surface area (Å²) < 4.78 is 12.0. The van der Waals surface area contributed by atoms with Crippen LogP contribution in [0.5, 0.6) is 17.5 Å². The highest BCUT2D eigenvalue weighted by molar-refractivity contribution is 9.10. The van der Waals surface area contributed by atoms with Crippen LogP contribution in [-0.4, -0.2) is 11.6 Å². The molecule has 0 aliphatic heterocycles. The average molecular weight is 358 g/mol. The van der Waals surface area contributed by atoms with Gasteiger partial charge in [0, 0.05) is 10.5 Å². The van der Waals surface area contributed by atoms with E-state index >= 15 is 0 Å². The number of ether oxygens (including phenoxy) is 2. The summed E-state index contributed by atoms with van der Waals surface area (Å²) in [4.78, 5) is 4.23. The molecule has 106 valence electrons. The van der Waals surface area contributed by atoms with Gasteiger partial charge in [0.2, 0.25) is 11.8 Å². The van der Waals surface area contributed by atoms with Gasteiger partial charge >= 0.3 is 0 Å². The second-order valence-corrected chi connectivity index (χ2v) is 5.39. The number of pyridine rings is 1. The smallest absolute Gasteiger partial charge is 0.240 e. The Labute approximate surface area is 131 Å². The van der Waals surface area contributed by atoms with Crippen molar-refractivity contribution >= 4 is 33.2 Å². The highest BCUT2D eigenvalue weighted by Gasteiger charge is 2.08. The summed E-state index contributed by atoms with van der Waals surface area (Å²) in [6.45, 7) is 2.57. The second-order valence-electron chi connectivity index (χ2n) is 4.07. The Bertz CT molecular complexity index is 608. The van der Waals surface area contributed by atoms with Crippen molar-refractivity contribution in [1.29, 1.82) is 0 Å². The van der Waals surface area contributed by atoms with E-state index in [0.717, 1.165) is 10.9 Å². The molecule has 0 spiro atoms. The summed E-state index contributed by atoms with van der Waals surface area (Å²) in [6.07, 6.45) is 0.879. The van der Waals surface area contributed by atoms with E-state index in [-0.39, 0.29) is 0 Å². The van der Waals surface area contributed by atoms with Gasteiger partial charge in [0.15, 0.2) is 0 Å². The molecular weight excluding hydrogens is 344 g/mol. The molecule has 2 aromatic rings. The molecule has 0 amide bonds. The summed E-state index contributed by atoms with van der Waals surface area (Å²) in [5, 5.41) is 0.503. The minimum atomic E-state index is 0.371. The van der Waals surface area contributed by atoms with Gasteiger partial charge in [-0.2, -0.15) is 4.98 Å². The molecule has 0 aliphatic carbocycles. The topological polar surface area (TPSA) is 57.4 Å². The number of benzene rings is 1. The summed E-state index contributed by atoms with van der Waals surface area (Å²) in [5.74, 6) is 1.26. The van der Waals surface area contributed by atoms with Crippen LogP contribution >= 0.6 is 27.5 Å². The zero-order valence-electron chi connectivity index (χ0n) is 10.9. The van der Waals surface area contributed by atoms with Crippen LogP contribution in [0.25, 0.3) is 0 Å². The number of nitrogens with zero attached hydrogens (tertiary/aromatic N) is 1. The molecule has 2 N–H and O–H groups in total. The predicted molar refractivity (Wildman–Crippen MR) is 83.7 cm³/mol. The molecule has 1 heterocycles. The number of hydrogen-bond donors (Lipinski definition) is 1. The van der Waals surface area contributed by atoms with E-state index in [0.29, 0.717) is 34.8 Å². The standard InChI is InChI=1S/C14H14BrClN2O2/c1-2-7-19-14-11(17)5-6-13(18-14)20-12-8-9(15)3-4-10(12)16/h3-6,8H,2,7,17H2,1H3. The fourth-order valence-electron chi connectivity index (χ4n) is 1.47. The lowest BCUT2D eigenvalue weighted by molar-refractivity contribution is 0.302. The summed E-state index contributed by atoms with van der Waals surface area (Å²) in [7, 11) is 0. The molecule has 0 unspecified atom stereocenters. The van der Waals surface area contributed by atoms with Crippen molar-refractivity contribution in [2.45, 2.75) is 13.3 Å². The van der Waals surface area contributed by atoms with Crippen molar-refractivity contribution in [2.75, 3.05) is 12.3 Å². The number of nitrogens with two attached hydrogens (primary N) is 1. The van der Waals surface area contributed by atoms with E-state index in [1.165, 1.54) is 0 Å². The van der Waals surface area contributed by atoms with E-state index < -0.39 is 0 Å². The predicted octanol–water partition coefficient (Wildman–Crippen LogP) is 4.66. The van der Waals surface area contributed by atoms with Crippen LogP contribution in [-0.2, 0) is 0 Å². The number of rotatable bonds is 5. The number of aromatic nitrogens is 1. The molecule has 2 rings (SSSR count). The van der Waals surface area contributed by atoms with Crippen molar-refractivity contribution in [2.24, 2.45) is 0 Å². The molecule has 1 aromatic carbocycles. The van der Waals surface area contributed by atoms with E-state index in [4.69, 9.17) is 26.8 Å². The first-order valence-corrected chi connectivity index (χ1v) is 7.29. The van der Waals surface area contributed by atoms with Crippen LogP contribution < -0.4 is 15.2 Å². The van der Waals surface area contributed by atoms with E-state index in [9.17, 15) is 0 Å². The van der Waals surface area contributed by atoms with Crippen LogP contribution in [0.4, 0.5) is 5.69 Å². The zero-order valence-corrected chi connectivity index (χ0v) is 13.2. The van der Waals surface area contributed by atoms with Gasteiger partial charge in [-0.05, 0) is 30.7 Å². The van der Waals surface area contributed by atoms with Crippen molar-refractivity contribution in [3.63, 3.8) is 0 Å². The fourth-order valence-corrected chi connectivity index (χ4v) is 1.97. The lowest BCUT2D eigenvalue weighted by Gasteiger charge is -2.10. The molecular formula is C14H14BrClN2O2. The third kappa shape index (κ3) is 3.77. The van der Waals surface area contributed by atoms with Gasteiger partial charge in [-0.25, -0.2) is 0 Å². The Hall–Kier alpha value is -1.46. The van der Waals surface area contributed by atoms with E-state index in [1.54, 1.807) is 24.3 Å². The van der Waals surface area contributed by atoms with Crippen molar-refractivity contribution < 1.29 is 9.47 Å². The maximum Gasteiger partial charge on any atom is 0.240 e. The van der Waals surface area contributed by atoms with Crippen LogP contribution in [0.2, 0.25) is 5.02 Å². The maximum atomic E-state index is 6.07. The summed E-state index contributed by atoms with van der Waals surface area (Å²) in [6, 6.07) is 8.71. The van der Waals surface area contributed by atoms with Crippen molar-refractivity contribution in [3.05, 3.63) is 39.8 Å². The van der Waals surface area contributed by atoms with Gasteiger partial charge < -0.3 is 15.2 Å². The van der Waals surface area contributed by atoms with Gasteiger partial charge in [-0.1, -0.05) is 34.5 Å². The molecule has 0 bridgehead atoms. The molecule has 6 heteroatoms. The van der Waals surface area contributed by atoms with E-state index in [2.05, 4.69) is 20.9 Å². The third-order valence-electron chi connectivity index (χ3n) is 2.41. The van der Waals surface area contributed by atoms with Crippen LogP contribution in [0.1, 0.15) is 13.3 Å². The minimum Gasteiger partial charge on any atom is -0.476 e. The number of hydrogen-bond acceptors (Lipinski definition) is 4. The Balaban J connectivity index is 2.22. The Kier molecular flexibility index (Phi) is 5.09. The fraction of sp³-hybridized carbons (Fsp3) is 0.214. The van der Waals surface area contributed by atoms with Crippen molar-refractivity contribution in [3.8, 4) is 17.5 Å². The maximum absolute atomic E-state index is 6.07. The second kappa shape index (κ2) is 6.81. The van der Waals surface area contributed by atoms with Gasteiger partial charge in [-0.3, -0.25) is 0 Å². The Morgan fingerprint density at radius 1 is 1.30 bits per heavy atom. The first-order valence-electron chi connectivity index (χ1n) is 6.12. The van der Waals surface area contributed by atoms with Crippen LogP contribution in [0.3, 0.4) is 0 Å². The highest BCUT2D eigenvalue weighted by Crippen LogP contribution is 2.32. The summed E-state index contributed by atoms with van der Waals surface area (Å²) in [5.41, 5.74) is 6.28. The molecule has 0 atom stereocenters. The van der Waals surface area contributed by atoms with E-state index in [1.807, 2.05) is 13.0 Å². The molecule has 0 saturated carbocycles. The lowest BCUT2D eigenvalue weighted by atomic mass is 10.3. The largest absolute Gasteiger partial charge is 0.476 e. The molecule has 4 nitrogen and oxygen atoms in total. The van der Waals surface area contributed by atoms with Gasteiger partial charge in [0.1, 0.15) is 5.75 Å². The number of nitrogen functional groups attached to an aromatic ring is 1. The number of halogens is 2. The molecule has 20 heavy (non-hydrogen) atoms. The van der Waals surface area contributed by atoms with Crippen molar-refractivity contribution in [1.82, 2.24) is 4.98 Å². The first kappa shape index (κ1) is 14.9. The Morgan fingerprint density at radius 3 is 2.85 bits per heavy atom. The third-order valence-corrected chi connectivity index (χ3v) is 3.22. The zero-order chi connectivity index (χ0) is 14.5. The monoisotopic (exact) mass is 356 g/mol. The molecule has 0 saturated heterocycles. The molecule has 0 aliphatic rings. The molecule has 0 radical (unpaired) electrons. The normalized spacial score (nSPS) is 10.3. The molecule has 1 aromatic heterocycles. The average Bonchev–Trinajstić information content (AvgIpc) is 2.43.